The first-order valence-corrected chi connectivity index (χ1v) is 11.9. The van der Waals surface area contributed by atoms with Gasteiger partial charge in [-0.05, 0) is 51.1 Å². The summed E-state index contributed by atoms with van der Waals surface area (Å²) in [5.74, 6) is 1.78. The van der Waals surface area contributed by atoms with Crippen molar-refractivity contribution < 1.29 is 4.79 Å². The molecule has 34 heavy (non-hydrogen) atoms. The zero-order chi connectivity index (χ0) is 23.4. The van der Waals surface area contributed by atoms with Crippen molar-refractivity contribution in [3.8, 4) is 11.3 Å². The number of aryl methyl sites for hydroxylation is 3. The fourth-order valence-electron chi connectivity index (χ4n) is 5.74. The van der Waals surface area contributed by atoms with Gasteiger partial charge < -0.3 is 14.2 Å². The average molecular weight is 453 g/mol. The first-order valence-electron chi connectivity index (χ1n) is 11.9. The van der Waals surface area contributed by atoms with Gasteiger partial charge in [-0.3, -0.25) is 9.78 Å². The van der Waals surface area contributed by atoms with Crippen LogP contribution in [-0.4, -0.2) is 56.3 Å². The summed E-state index contributed by atoms with van der Waals surface area (Å²) in [6.45, 7) is 9.39. The number of hydrogen-bond donors (Lipinski definition) is 0. The van der Waals surface area contributed by atoms with Gasteiger partial charge in [-0.2, -0.15) is 0 Å². The van der Waals surface area contributed by atoms with Gasteiger partial charge in [0.25, 0.3) is 5.91 Å². The normalized spacial score (nSPS) is 19.7. The van der Waals surface area contributed by atoms with Crippen molar-refractivity contribution >= 4 is 17.4 Å². The molecule has 0 bridgehead atoms. The number of anilines is 1. The lowest BCUT2D eigenvalue weighted by molar-refractivity contribution is 0.0785. The van der Waals surface area contributed by atoms with Crippen LogP contribution in [0.5, 0.6) is 0 Å². The van der Waals surface area contributed by atoms with Gasteiger partial charge in [0.05, 0.1) is 16.8 Å². The summed E-state index contributed by atoms with van der Waals surface area (Å²) in [5, 5.41) is 0. The van der Waals surface area contributed by atoms with Gasteiger partial charge in [-0.1, -0.05) is 12.1 Å². The first kappa shape index (κ1) is 20.8. The Morgan fingerprint density at radius 1 is 0.912 bits per heavy atom. The van der Waals surface area contributed by atoms with Crippen LogP contribution in [0.2, 0.25) is 0 Å². The quantitative estimate of drug-likeness (QED) is 0.471. The zero-order valence-electron chi connectivity index (χ0n) is 19.8. The van der Waals surface area contributed by atoms with Crippen molar-refractivity contribution in [1.29, 1.82) is 0 Å². The van der Waals surface area contributed by atoms with Crippen molar-refractivity contribution in [1.82, 2.24) is 24.3 Å². The Morgan fingerprint density at radius 2 is 1.62 bits per heavy atom. The molecule has 1 amide bonds. The third-order valence-corrected chi connectivity index (χ3v) is 7.25. The Bertz CT molecular complexity index is 1360. The lowest BCUT2D eigenvalue weighted by Crippen LogP contribution is -2.34. The second-order valence-electron chi connectivity index (χ2n) is 9.59. The van der Waals surface area contributed by atoms with E-state index in [2.05, 4.69) is 31.2 Å². The molecule has 4 aromatic rings. The van der Waals surface area contributed by atoms with E-state index < -0.39 is 0 Å². The monoisotopic (exact) mass is 452 g/mol. The van der Waals surface area contributed by atoms with Crippen LogP contribution in [0.3, 0.4) is 0 Å². The average Bonchev–Trinajstić information content (AvgIpc) is 3.49. The van der Waals surface area contributed by atoms with Gasteiger partial charge in [0.15, 0.2) is 0 Å². The van der Waals surface area contributed by atoms with Crippen LogP contribution in [0, 0.1) is 32.6 Å². The van der Waals surface area contributed by atoms with E-state index in [-0.39, 0.29) is 5.91 Å². The molecule has 7 nitrogen and oxygen atoms in total. The molecule has 4 aromatic heterocycles. The minimum absolute atomic E-state index is 0.0982. The fourth-order valence-corrected chi connectivity index (χ4v) is 5.74. The predicted molar refractivity (Wildman–Crippen MR) is 132 cm³/mol. The van der Waals surface area contributed by atoms with Crippen molar-refractivity contribution in [2.24, 2.45) is 11.8 Å². The largest absolute Gasteiger partial charge is 0.340 e. The zero-order valence-corrected chi connectivity index (χ0v) is 19.8. The van der Waals surface area contributed by atoms with E-state index in [1.54, 1.807) is 6.20 Å². The minimum atomic E-state index is 0.0982. The van der Waals surface area contributed by atoms with Crippen LogP contribution in [0.1, 0.15) is 27.4 Å². The van der Waals surface area contributed by atoms with Crippen molar-refractivity contribution in [2.75, 3.05) is 31.1 Å². The highest BCUT2D eigenvalue weighted by Gasteiger charge is 2.43. The molecule has 0 aliphatic carbocycles. The number of likely N-dealkylation sites (tertiary alicyclic amines) is 1. The van der Waals surface area contributed by atoms with Gasteiger partial charge in [0.2, 0.25) is 5.95 Å². The van der Waals surface area contributed by atoms with Gasteiger partial charge >= 0.3 is 0 Å². The molecule has 2 atom stereocenters. The molecule has 2 saturated heterocycles. The van der Waals surface area contributed by atoms with Crippen LogP contribution >= 0.6 is 0 Å². The van der Waals surface area contributed by atoms with Crippen LogP contribution in [0.4, 0.5) is 5.95 Å². The van der Waals surface area contributed by atoms with Gasteiger partial charge in [-0.15, -0.1) is 0 Å². The third-order valence-electron chi connectivity index (χ3n) is 7.25. The fraction of sp³-hybridized carbons (Fsp3) is 0.333. The lowest BCUT2D eigenvalue weighted by atomic mass is 10.0. The van der Waals surface area contributed by atoms with Gasteiger partial charge in [0, 0.05) is 73.1 Å². The molecule has 2 aliphatic rings. The summed E-state index contributed by atoms with van der Waals surface area (Å²) >= 11 is 0. The summed E-state index contributed by atoms with van der Waals surface area (Å²) in [4.78, 5) is 32.2. The Morgan fingerprint density at radius 3 is 2.29 bits per heavy atom. The van der Waals surface area contributed by atoms with Crippen molar-refractivity contribution in [2.45, 2.75) is 20.8 Å². The van der Waals surface area contributed by atoms with E-state index in [1.165, 1.54) is 0 Å². The molecule has 0 radical (unpaired) electrons. The molecule has 6 heterocycles. The Hall–Kier alpha value is -3.74. The number of rotatable bonds is 3. The maximum absolute atomic E-state index is 14.0. The molecule has 0 aromatic carbocycles. The smallest absolute Gasteiger partial charge is 0.256 e. The lowest BCUT2D eigenvalue weighted by Gasteiger charge is -2.22. The molecular formula is C27H28N6O. The second-order valence-corrected chi connectivity index (χ2v) is 9.59. The molecular weight excluding hydrogens is 424 g/mol. The van der Waals surface area contributed by atoms with Crippen molar-refractivity contribution in [3.63, 3.8) is 0 Å². The number of carbonyl (C=O) groups is 1. The van der Waals surface area contributed by atoms with E-state index in [0.29, 0.717) is 11.8 Å². The maximum atomic E-state index is 14.0. The molecule has 6 rings (SSSR count). The highest BCUT2D eigenvalue weighted by Crippen LogP contribution is 2.37. The first-order chi connectivity index (χ1) is 16.5. The van der Waals surface area contributed by atoms with Crippen molar-refractivity contribution in [3.05, 3.63) is 77.5 Å². The number of hydrogen-bond acceptors (Lipinski definition) is 5. The van der Waals surface area contributed by atoms with E-state index in [0.717, 1.165) is 71.5 Å². The van der Waals surface area contributed by atoms with Crippen LogP contribution < -0.4 is 4.90 Å². The number of fused-ring (bicyclic) bond motifs is 2. The molecule has 0 N–H and O–H groups in total. The Labute approximate surface area is 199 Å². The highest BCUT2D eigenvalue weighted by atomic mass is 16.2. The molecule has 2 aliphatic heterocycles. The second kappa shape index (κ2) is 7.94. The van der Waals surface area contributed by atoms with Gasteiger partial charge in [0.1, 0.15) is 0 Å². The standard InChI is InChI=1S/C27H28N6O/c1-17-12-18(2)30-27(29-17)32-15-20-13-31(14-21(20)16-32)26(34)25-23-9-5-7-11-33(23)19(3)24(25)22-8-4-6-10-28-22/h4-12,20-21H,13-16H2,1-3H3/t20-,21+. The molecule has 2 fully saturated rings. The molecule has 0 spiro atoms. The summed E-state index contributed by atoms with van der Waals surface area (Å²) < 4.78 is 2.10. The Kier molecular flexibility index (Phi) is 4.86. The van der Waals surface area contributed by atoms with E-state index in [9.17, 15) is 4.79 Å². The number of pyridine rings is 2. The summed E-state index contributed by atoms with van der Waals surface area (Å²) in [6.07, 6.45) is 3.81. The number of amides is 1. The number of carbonyl (C=O) groups excluding carboxylic acids is 1. The molecule has 7 heteroatoms. The van der Waals surface area contributed by atoms with Crippen LogP contribution in [-0.2, 0) is 0 Å². The summed E-state index contributed by atoms with van der Waals surface area (Å²) in [6, 6.07) is 13.9. The topological polar surface area (TPSA) is 66.6 Å². The minimum Gasteiger partial charge on any atom is -0.340 e. The maximum Gasteiger partial charge on any atom is 0.256 e. The number of aromatic nitrogens is 4. The third kappa shape index (κ3) is 3.34. The molecule has 0 saturated carbocycles. The SMILES string of the molecule is Cc1cc(C)nc(N2C[C@H]3CN(C(=O)c4c(-c5ccccn5)c(C)n5ccccc45)C[C@H]3C2)n1. The van der Waals surface area contributed by atoms with Crippen LogP contribution in [0.15, 0.2) is 54.9 Å². The summed E-state index contributed by atoms with van der Waals surface area (Å²) in [7, 11) is 0. The molecule has 0 unspecified atom stereocenters. The van der Waals surface area contributed by atoms with Gasteiger partial charge in [-0.25, -0.2) is 9.97 Å². The van der Waals surface area contributed by atoms with E-state index in [1.807, 2.05) is 67.4 Å². The highest BCUT2D eigenvalue weighted by molar-refractivity contribution is 6.08. The van der Waals surface area contributed by atoms with Crippen LogP contribution in [0.25, 0.3) is 16.8 Å². The summed E-state index contributed by atoms with van der Waals surface area (Å²) in [5.41, 5.74) is 6.49. The predicted octanol–water partition coefficient (Wildman–Crippen LogP) is 3.92. The molecule has 172 valence electrons. The number of nitrogens with zero attached hydrogens (tertiary/aromatic N) is 6. The Balaban J connectivity index is 1.30. The van der Waals surface area contributed by atoms with E-state index >= 15 is 0 Å². The van der Waals surface area contributed by atoms with E-state index in [4.69, 9.17) is 0 Å².